The lowest BCUT2D eigenvalue weighted by Gasteiger charge is -2.42. The van der Waals surface area contributed by atoms with Gasteiger partial charge in [-0.3, -0.25) is 0 Å². The van der Waals surface area contributed by atoms with Gasteiger partial charge in [0.2, 0.25) is 0 Å². The standard InChI is InChI=1S/C20H38N2O3/c1-15(2)24-18-9-7-17(8-10-18)22-13-11-16(12-14-22)21(6)19(23)25-20(3,4)5/h15-18H,7-14H2,1-6H3/t17-,18-. The Morgan fingerprint density at radius 1 is 1.04 bits per heavy atom. The molecule has 5 nitrogen and oxygen atoms in total. The highest BCUT2D eigenvalue weighted by molar-refractivity contribution is 5.68. The number of piperidine rings is 1. The number of ether oxygens (including phenoxy) is 2. The molecule has 0 aromatic heterocycles. The number of carbonyl (C=O) groups is 1. The van der Waals surface area contributed by atoms with Crippen molar-refractivity contribution in [3.05, 3.63) is 0 Å². The maximum Gasteiger partial charge on any atom is 0.410 e. The summed E-state index contributed by atoms with van der Waals surface area (Å²) in [7, 11) is 1.88. The number of hydrogen-bond donors (Lipinski definition) is 0. The minimum atomic E-state index is -0.428. The summed E-state index contributed by atoms with van der Waals surface area (Å²) in [6, 6.07) is 0.992. The van der Waals surface area contributed by atoms with Crippen molar-refractivity contribution in [3.8, 4) is 0 Å². The Hall–Kier alpha value is -0.810. The Kier molecular flexibility index (Phi) is 7.15. The molecule has 0 spiro atoms. The van der Waals surface area contributed by atoms with E-state index in [0.717, 1.165) is 25.9 Å². The Balaban J connectivity index is 1.74. The van der Waals surface area contributed by atoms with Crippen LogP contribution in [-0.4, -0.2) is 65.9 Å². The summed E-state index contributed by atoms with van der Waals surface area (Å²) in [6.07, 6.45) is 7.51. The van der Waals surface area contributed by atoms with Crippen LogP contribution in [0.2, 0.25) is 0 Å². The van der Waals surface area contributed by atoms with Crippen molar-refractivity contribution >= 4 is 6.09 Å². The van der Waals surface area contributed by atoms with E-state index in [4.69, 9.17) is 9.47 Å². The molecule has 0 radical (unpaired) electrons. The second-order valence-corrected chi connectivity index (χ2v) is 8.97. The van der Waals surface area contributed by atoms with Crippen LogP contribution in [0.4, 0.5) is 4.79 Å². The fourth-order valence-electron chi connectivity index (χ4n) is 4.05. The van der Waals surface area contributed by atoms with Crippen molar-refractivity contribution in [1.82, 2.24) is 9.80 Å². The van der Waals surface area contributed by atoms with Crippen molar-refractivity contribution in [2.24, 2.45) is 0 Å². The molecule has 1 amide bonds. The lowest BCUT2D eigenvalue weighted by atomic mass is 9.90. The Labute approximate surface area is 154 Å². The van der Waals surface area contributed by atoms with Gasteiger partial charge in [-0.2, -0.15) is 0 Å². The molecule has 25 heavy (non-hydrogen) atoms. The van der Waals surface area contributed by atoms with E-state index in [1.54, 1.807) is 4.90 Å². The first-order valence-electron chi connectivity index (χ1n) is 10.0. The zero-order valence-electron chi connectivity index (χ0n) is 17.1. The number of rotatable bonds is 4. The first-order chi connectivity index (χ1) is 11.7. The van der Waals surface area contributed by atoms with Crippen molar-refractivity contribution in [2.45, 2.75) is 103 Å². The van der Waals surface area contributed by atoms with E-state index < -0.39 is 5.60 Å². The van der Waals surface area contributed by atoms with Crippen LogP contribution in [0.15, 0.2) is 0 Å². The van der Waals surface area contributed by atoms with E-state index in [1.165, 1.54) is 25.7 Å². The van der Waals surface area contributed by atoms with Crippen LogP contribution in [0.3, 0.4) is 0 Å². The maximum absolute atomic E-state index is 12.2. The predicted octanol–water partition coefficient (Wildman–Crippen LogP) is 4.05. The van der Waals surface area contributed by atoms with Crippen LogP contribution < -0.4 is 0 Å². The van der Waals surface area contributed by atoms with Crippen LogP contribution in [0.1, 0.15) is 73.1 Å². The van der Waals surface area contributed by atoms with Crippen molar-refractivity contribution in [3.63, 3.8) is 0 Å². The highest BCUT2D eigenvalue weighted by Gasteiger charge is 2.32. The fraction of sp³-hybridized carbons (Fsp3) is 0.950. The molecule has 0 bridgehead atoms. The van der Waals surface area contributed by atoms with E-state index >= 15 is 0 Å². The van der Waals surface area contributed by atoms with Gasteiger partial charge in [-0.25, -0.2) is 4.79 Å². The van der Waals surface area contributed by atoms with E-state index in [-0.39, 0.29) is 6.09 Å². The summed E-state index contributed by atoms with van der Waals surface area (Å²) in [5.41, 5.74) is -0.428. The molecular weight excluding hydrogens is 316 g/mol. The van der Waals surface area contributed by atoms with Crippen molar-refractivity contribution in [2.75, 3.05) is 20.1 Å². The fourth-order valence-corrected chi connectivity index (χ4v) is 4.05. The van der Waals surface area contributed by atoms with Crippen LogP contribution in [0.25, 0.3) is 0 Å². The minimum absolute atomic E-state index is 0.197. The summed E-state index contributed by atoms with van der Waals surface area (Å²) in [6.45, 7) is 12.2. The lowest BCUT2D eigenvalue weighted by molar-refractivity contribution is -0.0310. The Bertz CT molecular complexity index is 417. The summed E-state index contributed by atoms with van der Waals surface area (Å²) in [4.78, 5) is 16.7. The second kappa shape index (κ2) is 8.72. The quantitative estimate of drug-likeness (QED) is 0.764. The summed E-state index contributed by atoms with van der Waals surface area (Å²) in [5.74, 6) is 0. The van der Waals surface area contributed by atoms with Gasteiger partial charge < -0.3 is 19.3 Å². The summed E-state index contributed by atoms with van der Waals surface area (Å²) in [5, 5.41) is 0. The normalized spacial score (nSPS) is 26.7. The molecule has 2 fully saturated rings. The smallest absolute Gasteiger partial charge is 0.410 e. The van der Waals surface area contributed by atoms with Gasteiger partial charge in [-0.05, 0) is 73.1 Å². The number of hydrogen-bond acceptors (Lipinski definition) is 4. The topological polar surface area (TPSA) is 42.0 Å². The van der Waals surface area contributed by atoms with Crippen LogP contribution in [-0.2, 0) is 9.47 Å². The zero-order chi connectivity index (χ0) is 18.6. The van der Waals surface area contributed by atoms with E-state index in [0.29, 0.717) is 24.3 Å². The first-order valence-corrected chi connectivity index (χ1v) is 10.0. The van der Waals surface area contributed by atoms with Gasteiger partial charge in [0, 0.05) is 32.2 Å². The van der Waals surface area contributed by atoms with Gasteiger partial charge in [0.1, 0.15) is 5.60 Å². The van der Waals surface area contributed by atoms with Gasteiger partial charge in [-0.1, -0.05) is 0 Å². The van der Waals surface area contributed by atoms with Crippen LogP contribution in [0, 0.1) is 0 Å². The average Bonchev–Trinajstić information content (AvgIpc) is 2.53. The maximum atomic E-state index is 12.2. The molecule has 1 saturated carbocycles. The second-order valence-electron chi connectivity index (χ2n) is 8.97. The molecule has 1 aliphatic carbocycles. The third kappa shape index (κ3) is 6.45. The SMILES string of the molecule is CC(C)O[C@H]1CC[C@H](N2CCC(N(C)C(=O)OC(C)(C)C)CC2)CC1. The molecule has 1 saturated heterocycles. The van der Waals surface area contributed by atoms with Crippen molar-refractivity contribution in [1.29, 1.82) is 0 Å². The molecule has 2 rings (SSSR count). The molecule has 2 aliphatic rings. The summed E-state index contributed by atoms with van der Waals surface area (Å²) < 4.78 is 11.5. The van der Waals surface area contributed by atoms with Gasteiger partial charge in [0.15, 0.2) is 0 Å². The first kappa shape index (κ1) is 20.5. The summed E-state index contributed by atoms with van der Waals surface area (Å²) >= 11 is 0. The van der Waals surface area contributed by atoms with Crippen molar-refractivity contribution < 1.29 is 14.3 Å². The molecule has 0 aromatic carbocycles. The van der Waals surface area contributed by atoms with Crippen LogP contribution >= 0.6 is 0 Å². The van der Waals surface area contributed by atoms with E-state index in [1.807, 2.05) is 27.8 Å². The van der Waals surface area contributed by atoms with E-state index in [9.17, 15) is 4.79 Å². The predicted molar refractivity (Wildman–Crippen MR) is 101 cm³/mol. The number of amides is 1. The number of nitrogens with zero attached hydrogens (tertiary/aromatic N) is 2. The molecule has 0 N–H and O–H groups in total. The van der Waals surface area contributed by atoms with Gasteiger partial charge >= 0.3 is 6.09 Å². The molecule has 1 aliphatic heterocycles. The average molecular weight is 355 g/mol. The number of carbonyl (C=O) groups excluding carboxylic acids is 1. The third-order valence-corrected chi connectivity index (χ3v) is 5.35. The highest BCUT2D eigenvalue weighted by Crippen LogP contribution is 2.29. The molecule has 1 heterocycles. The molecular formula is C20H38N2O3. The van der Waals surface area contributed by atoms with Gasteiger partial charge in [0.05, 0.1) is 12.2 Å². The third-order valence-electron chi connectivity index (χ3n) is 5.35. The van der Waals surface area contributed by atoms with E-state index in [2.05, 4.69) is 18.7 Å². The van der Waals surface area contributed by atoms with Gasteiger partial charge in [0.25, 0.3) is 0 Å². The molecule has 146 valence electrons. The Morgan fingerprint density at radius 3 is 2.08 bits per heavy atom. The largest absolute Gasteiger partial charge is 0.444 e. The molecule has 0 aromatic rings. The lowest BCUT2D eigenvalue weighted by Crippen LogP contribution is -2.50. The number of likely N-dealkylation sites (tertiary alicyclic amines) is 1. The highest BCUT2D eigenvalue weighted by atomic mass is 16.6. The minimum Gasteiger partial charge on any atom is -0.444 e. The zero-order valence-corrected chi connectivity index (χ0v) is 17.1. The van der Waals surface area contributed by atoms with Gasteiger partial charge in [-0.15, -0.1) is 0 Å². The molecule has 0 unspecified atom stereocenters. The Morgan fingerprint density at radius 2 is 1.60 bits per heavy atom. The van der Waals surface area contributed by atoms with Crippen LogP contribution in [0.5, 0.6) is 0 Å². The molecule has 5 heteroatoms. The monoisotopic (exact) mass is 354 g/mol. The molecule has 0 atom stereocenters.